The summed E-state index contributed by atoms with van der Waals surface area (Å²) in [5.41, 5.74) is 1.35. The van der Waals surface area contributed by atoms with E-state index in [0.29, 0.717) is 48.8 Å². The van der Waals surface area contributed by atoms with E-state index in [4.69, 9.17) is 0 Å². The first-order valence-electron chi connectivity index (χ1n) is 9.46. The Morgan fingerprint density at radius 2 is 1.76 bits per heavy atom. The Balaban J connectivity index is 1.48. The zero-order valence-electron chi connectivity index (χ0n) is 16.4. The molecule has 150 valence electrons. The number of aromatic nitrogens is 3. The minimum atomic E-state index is -0.417. The number of rotatable bonds is 4. The third-order valence-electron chi connectivity index (χ3n) is 5.25. The van der Waals surface area contributed by atoms with Crippen LogP contribution in [0.4, 0.5) is 10.1 Å². The molecule has 4 rings (SSSR count). The van der Waals surface area contributed by atoms with Crippen LogP contribution in [0.1, 0.15) is 27.6 Å². The Morgan fingerprint density at radius 1 is 1.07 bits per heavy atom. The zero-order chi connectivity index (χ0) is 20.5. The van der Waals surface area contributed by atoms with Crippen molar-refractivity contribution in [3.8, 4) is 5.82 Å². The number of halogens is 1. The first-order chi connectivity index (χ1) is 14.0. The SMILES string of the molecule is CC(=O)c1ccc(N2CCN(C(=O)c3cnn(C)c3-n3cccc3)CC2)c(F)c1. The van der Waals surface area contributed by atoms with Gasteiger partial charge in [-0.25, -0.2) is 4.39 Å². The highest BCUT2D eigenvalue weighted by Crippen LogP contribution is 2.23. The minimum absolute atomic E-state index is 0.0890. The molecular weight excluding hydrogens is 373 g/mol. The summed E-state index contributed by atoms with van der Waals surface area (Å²) in [7, 11) is 1.80. The van der Waals surface area contributed by atoms with E-state index >= 15 is 0 Å². The molecule has 0 spiro atoms. The Morgan fingerprint density at radius 3 is 2.38 bits per heavy atom. The Hall–Kier alpha value is -3.42. The highest BCUT2D eigenvalue weighted by molar-refractivity contribution is 5.97. The molecule has 1 fully saturated rings. The zero-order valence-corrected chi connectivity index (χ0v) is 16.4. The lowest BCUT2D eigenvalue weighted by Crippen LogP contribution is -2.49. The van der Waals surface area contributed by atoms with E-state index in [1.807, 2.05) is 34.0 Å². The van der Waals surface area contributed by atoms with Gasteiger partial charge in [0.1, 0.15) is 17.2 Å². The molecule has 1 saturated heterocycles. The van der Waals surface area contributed by atoms with Crippen LogP contribution < -0.4 is 4.90 Å². The van der Waals surface area contributed by atoms with E-state index in [1.54, 1.807) is 35.0 Å². The molecule has 3 heterocycles. The van der Waals surface area contributed by atoms with Crippen molar-refractivity contribution in [1.82, 2.24) is 19.2 Å². The highest BCUT2D eigenvalue weighted by atomic mass is 19.1. The van der Waals surface area contributed by atoms with Gasteiger partial charge in [0.25, 0.3) is 5.91 Å². The standard InChI is InChI=1S/C21H22FN5O2/c1-15(28)16-5-6-19(18(22)13-16)25-9-11-27(12-10-25)21(29)17-14-23-24(2)20(17)26-7-3-4-8-26/h3-8,13-14H,9-12H2,1-2H3. The molecule has 29 heavy (non-hydrogen) atoms. The summed E-state index contributed by atoms with van der Waals surface area (Å²) in [4.78, 5) is 28.2. The van der Waals surface area contributed by atoms with Crippen LogP contribution in [0.25, 0.3) is 5.82 Å². The summed E-state index contributed by atoms with van der Waals surface area (Å²) in [5.74, 6) is 0.0441. The number of hydrogen-bond donors (Lipinski definition) is 0. The molecule has 8 heteroatoms. The maximum atomic E-state index is 14.4. The molecular formula is C21H22FN5O2. The Bertz CT molecular complexity index is 1050. The highest BCUT2D eigenvalue weighted by Gasteiger charge is 2.27. The number of carbonyl (C=O) groups is 2. The van der Waals surface area contributed by atoms with Crippen LogP contribution in [-0.2, 0) is 7.05 Å². The summed E-state index contributed by atoms with van der Waals surface area (Å²) in [6.45, 7) is 3.40. The van der Waals surface area contributed by atoms with Gasteiger partial charge in [-0.15, -0.1) is 0 Å². The summed E-state index contributed by atoms with van der Waals surface area (Å²) < 4.78 is 18.0. The van der Waals surface area contributed by atoms with Crippen molar-refractivity contribution in [1.29, 1.82) is 0 Å². The molecule has 0 radical (unpaired) electrons. The topological polar surface area (TPSA) is 63.4 Å². The number of benzene rings is 1. The average molecular weight is 395 g/mol. The molecule has 0 N–H and O–H groups in total. The number of hydrogen-bond acceptors (Lipinski definition) is 4. The van der Waals surface area contributed by atoms with Gasteiger partial charge in [-0.3, -0.25) is 14.3 Å². The fraction of sp³-hybridized carbons (Fsp3) is 0.286. The number of amides is 1. The number of aryl methyl sites for hydroxylation is 1. The number of ketones is 1. The van der Waals surface area contributed by atoms with Crippen molar-refractivity contribution in [2.75, 3.05) is 31.1 Å². The molecule has 2 aromatic heterocycles. The van der Waals surface area contributed by atoms with E-state index in [-0.39, 0.29) is 11.7 Å². The smallest absolute Gasteiger partial charge is 0.259 e. The molecule has 1 aliphatic rings. The van der Waals surface area contributed by atoms with Crippen LogP contribution in [0.5, 0.6) is 0 Å². The van der Waals surface area contributed by atoms with E-state index in [1.165, 1.54) is 13.0 Å². The van der Waals surface area contributed by atoms with Crippen LogP contribution >= 0.6 is 0 Å². The minimum Gasteiger partial charge on any atom is -0.366 e. The van der Waals surface area contributed by atoms with E-state index in [0.717, 1.165) is 0 Å². The van der Waals surface area contributed by atoms with Crippen molar-refractivity contribution < 1.29 is 14.0 Å². The van der Waals surface area contributed by atoms with Crippen molar-refractivity contribution >= 4 is 17.4 Å². The predicted octanol–water partition coefficient (Wildman–Crippen LogP) is 2.51. The molecule has 0 bridgehead atoms. The summed E-state index contributed by atoms with van der Waals surface area (Å²) in [6, 6.07) is 8.33. The number of carbonyl (C=O) groups excluding carboxylic acids is 2. The maximum absolute atomic E-state index is 14.4. The summed E-state index contributed by atoms with van der Waals surface area (Å²) in [6.07, 6.45) is 5.34. The molecule has 3 aromatic rings. The van der Waals surface area contributed by atoms with Crippen molar-refractivity contribution in [3.05, 3.63) is 65.9 Å². The molecule has 1 aliphatic heterocycles. The van der Waals surface area contributed by atoms with Gasteiger partial charge in [0, 0.05) is 51.2 Å². The van der Waals surface area contributed by atoms with Gasteiger partial charge in [-0.05, 0) is 37.3 Å². The van der Waals surface area contributed by atoms with Gasteiger partial charge in [0.05, 0.1) is 11.9 Å². The fourth-order valence-corrected chi connectivity index (χ4v) is 3.67. The fourth-order valence-electron chi connectivity index (χ4n) is 3.67. The van der Waals surface area contributed by atoms with Crippen LogP contribution in [0.15, 0.2) is 48.9 Å². The molecule has 0 saturated carbocycles. The van der Waals surface area contributed by atoms with Crippen LogP contribution in [-0.4, -0.2) is 57.1 Å². The van der Waals surface area contributed by atoms with Crippen molar-refractivity contribution in [2.24, 2.45) is 7.05 Å². The first kappa shape index (κ1) is 18.9. The number of nitrogens with zero attached hydrogens (tertiary/aromatic N) is 5. The quantitative estimate of drug-likeness (QED) is 0.637. The third kappa shape index (κ3) is 3.53. The van der Waals surface area contributed by atoms with Crippen LogP contribution in [0, 0.1) is 5.82 Å². The van der Waals surface area contributed by atoms with E-state index in [2.05, 4.69) is 5.10 Å². The summed E-state index contributed by atoms with van der Waals surface area (Å²) >= 11 is 0. The molecule has 1 amide bonds. The van der Waals surface area contributed by atoms with Crippen LogP contribution in [0.2, 0.25) is 0 Å². The largest absolute Gasteiger partial charge is 0.366 e. The second-order valence-corrected chi connectivity index (χ2v) is 7.10. The van der Waals surface area contributed by atoms with Gasteiger partial charge in [0.2, 0.25) is 0 Å². The predicted molar refractivity (Wildman–Crippen MR) is 107 cm³/mol. The molecule has 0 atom stereocenters. The number of piperazine rings is 1. The van der Waals surface area contributed by atoms with Gasteiger partial charge >= 0.3 is 0 Å². The van der Waals surface area contributed by atoms with Crippen LogP contribution in [0.3, 0.4) is 0 Å². The lowest BCUT2D eigenvalue weighted by molar-refractivity contribution is 0.0746. The molecule has 7 nitrogen and oxygen atoms in total. The van der Waals surface area contributed by atoms with Crippen molar-refractivity contribution in [2.45, 2.75) is 6.92 Å². The molecule has 1 aromatic carbocycles. The second-order valence-electron chi connectivity index (χ2n) is 7.10. The van der Waals surface area contributed by atoms with Gasteiger partial charge in [-0.2, -0.15) is 5.10 Å². The second kappa shape index (κ2) is 7.54. The third-order valence-corrected chi connectivity index (χ3v) is 5.25. The van der Waals surface area contributed by atoms with E-state index < -0.39 is 5.82 Å². The first-order valence-corrected chi connectivity index (χ1v) is 9.46. The maximum Gasteiger partial charge on any atom is 0.259 e. The Labute approximate surface area is 167 Å². The van der Waals surface area contributed by atoms with Gasteiger partial charge < -0.3 is 14.4 Å². The Kier molecular flexibility index (Phi) is 4.92. The lowest BCUT2D eigenvalue weighted by atomic mass is 10.1. The molecule has 0 aliphatic carbocycles. The average Bonchev–Trinajstić information content (AvgIpc) is 3.37. The van der Waals surface area contributed by atoms with Crippen molar-refractivity contribution in [3.63, 3.8) is 0 Å². The van der Waals surface area contributed by atoms with Gasteiger partial charge in [-0.1, -0.05) is 0 Å². The number of anilines is 1. The number of Topliss-reactive ketones (excluding diaryl/α,β-unsaturated/α-hetero) is 1. The van der Waals surface area contributed by atoms with E-state index in [9.17, 15) is 14.0 Å². The molecule has 0 unspecified atom stereocenters. The normalized spacial score (nSPS) is 14.3. The lowest BCUT2D eigenvalue weighted by Gasteiger charge is -2.36. The summed E-state index contributed by atoms with van der Waals surface area (Å²) in [5, 5.41) is 4.25. The van der Waals surface area contributed by atoms with Gasteiger partial charge in [0.15, 0.2) is 5.78 Å². The monoisotopic (exact) mass is 395 g/mol.